The molecule has 0 aliphatic rings. The van der Waals surface area contributed by atoms with Gasteiger partial charge in [0.15, 0.2) is 0 Å². The Hall–Kier alpha value is -3.26. The topological polar surface area (TPSA) is 84.2 Å². The maximum absolute atomic E-state index is 14.3. The van der Waals surface area contributed by atoms with Gasteiger partial charge in [-0.25, -0.2) is 13.6 Å². The molecule has 0 aliphatic heterocycles. The normalized spacial score (nSPS) is 11.4. The van der Waals surface area contributed by atoms with Gasteiger partial charge in [0.05, 0.1) is 39.3 Å². The maximum atomic E-state index is 14.3. The Morgan fingerprint density at radius 1 is 1.10 bits per heavy atom. The van der Waals surface area contributed by atoms with Crippen molar-refractivity contribution >= 4 is 29.2 Å². The largest absolute Gasteiger partial charge is 0.478 e. The van der Waals surface area contributed by atoms with Crippen molar-refractivity contribution in [2.45, 2.75) is 26.3 Å². The summed E-state index contributed by atoms with van der Waals surface area (Å²) in [6, 6.07) is 7.31. The van der Waals surface area contributed by atoms with E-state index in [4.69, 9.17) is 11.6 Å². The van der Waals surface area contributed by atoms with Crippen LogP contribution in [0.4, 0.5) is 14.5 Å². The maximum Gasteiger partial charge on any atom is 0.337 e. The van der Waals surface area contributed by atoms with Crippen LogP contribution >= 0.6 is 11.6 Å². The first-order valence-electron chi connectivity index (χ1n) is 8.87. The van der Waals surface area contributed by atoms with Crippen LogP contribution in [-0.2, 0) is 5.54 Å². The second kappa shape index (κ2) is 7.87. The number of carbonyl (C=O) groups excluding carboxylic acids is 1. The minimum atomic E-state index is -1.36. The molecule has 0 spiro atoms. The molecule has 30 heavy (non-hydrogen) atoms. The highest BCUT2D eigenvalue weighted by atomic mass is 35.5. The van der Waals surface area contributed by atoms with Crippen molar-refractivity contribution in [3.63, 3.8) is 0 Å². The number of nitrogens with zero attached hydrogens (tertiary/aromatic N) is 2. The van der Waals surface area contributed by atoms with Crippen molar-refractivity contribution in [2.24, 2.45) is 0 Å². The molecule has 0 unspecified atom stereocenters. The van der Waals surface area contributed by atoms with Crippen LogP contribution in [0.3, 0.4) is 0 Å². The van der Waals surface area contributed by atoms with E-state index in [0.717, 1.165) is 12.1 Å². The van der Waals surface area contributed by atoms with Crippen LogP contribution < -0.4 is 5.32 Å². The molecule has 2 aromatic carbocycles. The number of amides is 1. The Bertz CT molecular complexity index is 1140. The summed E-state index contributed by atoms with van der Waals surface area (Å²) in [7, 11) is 0. The molecule has 0 saturated carbocycles. The van der Waals surface area contributed by atoms with Gasteiger partial charge in [0.25, 0.3) is 5.91 Å². The van der Waals surface area contributed by atoms with E-state index in [2.05, 4.69) is 10.4 Å². The summed E-state index contributed by atoms with van der Waals surface area (Å²) in [5.74, 6) is -3.38. The SMILES string of the molecule is CC(C)(C)n1ncc(C(=O)Nc2cc(C(=O)O)c(Cl)cc2F)c1-c1ccc(F)cc1. The monoisotopic (exact) mass is 433 g/mol. The predicted molar refractivity (Wildman–Crippen MR) is 109 cm³/mol. The first-order chi connectivity index (χ1) is 14.0. The molecule has 3 aromatic rings. The van der Waals surface area contributed by atoms with Gasteiger partial charge in [-0.1, -0.05) is 11.6 Å². The summed E-state index contributed by atoms with van der Waals surface area (Å²) in [6.45, 7) is 5.64. The molecule has 3 rings (SSSR count). The molecular weight excluding hydrogens is 416 g/mol. The standard InChI is InChI=1S/C21H18ClF2N3O3/c1-21(2,3)27-18(11-4-6-12(23)7-5-11)14(10-25-27)19(28)26-17-8-13(20(29)30)15(22)9-16(17)24/h4-10H,1-3H3,(H,26,28)(H,29,30). The van der Waals surface area contributed by atoms with E-state index >= 15 is 0 Å². The number of carbonyl (C=O) groups is 2. The van der Waals surface area contributed by atoms with Crippen LogP contribution in [0.2, 0.25) is 5.02 Å². The lowest BCUT2D eigenvalue weighted by atomic mass is 10.0. The number of halogens is 3. The highest BCUT2D eigenvalue weighted by Gasteiger charge is 2.26. The molecule has 0 aliphatic carbocycles. The quantitative estimate of drug-likeness (QED) is 0.593. The summed E-state index contributed by atoms with van der Waals surface area (Å²) in [6.07, 6.45) is 1.32. The number of aromatic nitrogens is 2. The molecule has 0 saturated heterocycles. The van der Waals surface area contributed by atoms with Crippen LogP contribution in [0.5, 0.6) is 0 Å². The molecule has 6 nitrogen and oxygen atoms in total. The lowest BCUT2D eigenvalue weighted by molar-refractivity contribution is 0.0696. The first kappa shape index (κ1) is 21.4. The van der Waals surface area contributed by atoms with Crippen molar-refractivity contribution in [1.82, 2.24) is 9.78 Å². The Kier molecular flexibility index (Phi) is 5.63. The van der Waals surface area contributed by atoms with Crippen molar-refractivity contribution in [3.8, 4) is 11.3 Å². The summed E-state index contributed by atoms with van der Waals surface area (Å²) in [5, 5.41) is 15.5. The molecule has 0 bridgehead atoms. The molecule has 0 fully saturated rings. The van der Waals surface area contributed by atoms with Gasteiger partial charge in [-0.15, -0.1) is 0 Å². The van der Waals surface area contributed by atoms with Gasteiger partial charge >= 0.3 is 5.97 Å². The minimum Gasteiger partial charge on any atom is -0.478 e. The number of anilines is 1. The number of carboxylic acids is 1. The van der Waals surface area contributed by atoms with Gasteiger partial charge < -0.3 is 10.4 Å². The number of aromatic carboxylic acids is 1. The third kappa shape index (κ3) is 4.18. The van der Waals surface area contributed by atoms with E-state index in [9.17, 15) is 23.5 Å². The third-order valence-corrected chi connectivity index (χ3v) is 4.61. The molecule has 1 amide bonds. The average Bonchev–Trinajstić information content (AvgIpc) is 3.10. The van der Waals surface area contributed by atoms with Gasteiger partial charge in [-0.05, 0) is 57.2 Å². The van der Waals surface area contributed by atoms with Crippen molar-refractivity contribution in [2.75, 3.05) is 5.32 Å². The molecule has 1 heterocycles. The fourth-order valence-corrected chi connectivity index (χ4v) is 3.14. The van der Waals surface area contributed by atoms with Gasteiger partial charge in [0.2, 0.25) is 0 Å². The zero-order chi connectivity index (χ0) is 22.2. The average molecular weight is 434 g/mol. The number of carboxylic acid groups (broad SMARTS) is 1. The number of hydrogen-bond acceptors (Lipinski definition) is 3. The zero-order valence-corrected chi connectivity index (χ0v) is 17.1. The highest BCUT2D eigenvalue weighted by molar-refractivity contribution is 6.33. The smallest absolute Gasteiger partial charge is 0.337 e. The van der Waals surface area contributed by atoms with Gasteiger partial charge in [0, 0.05) is 5.56 Å². The third-order valence-electron chi connectivity index (χ3n) is 4.30. The zero-order valence-electron chi connectivity index (χ0n) is 16.3. The summed E-state index contributed by atoms with van der Waals surface area (Å²) in [4.78, 5) is 24.2. The molecule has 1 aromatic heterocycles. The molecule has 9 heteroatoms. The first-order valence-corrected chi connectivity index (χ1v) is 9.25. The van der Waals surface area contributed by atoms with E-state index in [0.29, 0.717) is 11.3 Å². The molecule has 2 N–H and O–H groups in total. The predicted octanol–water partition coefficient (Wildman–Crippen LogP) is 5.19. The summed E-state index contributed by atoms with van der Waals surface area (Å²) in [5.41, 5.74) is -0.134. The minimum absolute atomic E-state index is 0.114. The number of rotatable bonds is 4. The van der Waals surface area contributed by atoms with Gasteiger partial charge in [-0.3, -0.25) is 9.48 Å². The summed E-state index contributed by atoms with van der Waals surface area (Å²) >= 11 is 5.74. The molecule has 0 radical (unpaired) electrons. The van der Waals surface area contributed by atoms with E-state index in [1.165, 1.54) is 30.5 Å². The molecule has 0 atom stereocenters. The Morgan fingerprint density at radius 2 is 1.73 bits per heavy atom. The number of benzene rings is 2. The Labute approximate surface area is 176 Å². The molecular formula is C21H18ClF2N3O3. The fraction of sp³-hybridized carbons (Fsp3) is 0.190. The van der Waals surface area contributed by atoms with E-state index in [-0.39, 0.29) is 21.8 Å². The van der Waals surface area contributed by atoms with Crippen LogP contribution in [0.1, 0.15) is 41.5 Å². The van der Waals surface area contributed by atoms with E-state index in [1.54, 1.807) is 4.68 Å². The number of hydrogen-bond donors (Lipinski definition) is 2. The van der Waals surface area contributed by atoms with E-state index in [1.807, 2.05) is 20.8 Å². The second-order valence-electron chi connectivity index (χ2n) is 7.57. The molecule has 156 valence electrons. The lowest BCUT2D eigenvalue weighted by Gasteiger charge is -2.23. The van der Waals surface area contributed by atoms with E-state index < -0.39 is 29.0 Å². The van der Waals surface area contributed by atoms with Crippen molar-refractivity contribution < 1.29 is 23.5 Å². The van der Waals surface area contributed by atoms with Crippen molar-refractivity contribution in [1.29, 1.82) is 0 Å². The van der Waals surface area contributed by atoms with Crippen LogP contribution in [0.15, 0.2) is 42.6 Å². The van der Waals surface area contributed by atoms with Crippen molar-refractivity contribution in [3.05, 3.63) is 70.4 Å². The Morgan fingerprint density at radius 3 is 2.30 bits per heavy atom. The summed E-state index contributed by atoms with van der Waals surface area (Å²) < 4.78 is 29.3. The Balaban J connectivity index is 2.07. The van der Waals surface area contributed by atoms with Crippen LogP contribution in [0.25, 0.3) is 11.3 Å². The van der Waals surface area contributed by atoms with Gasteiger partial charge in [-0.2, -0.15) is 5.10 Å². The second-order valence-corrected chi connectivity index (χ2v) is 7.97. The van der Waals surface area contributed by atoms with Crippen LogP contribution in [-0.4, -0.2) is 26.8 Å². The lowest BCUT2D eigenvalue weighted by Crippen LogP contribution is -2.24. The number of nitrogens with one attached hydrogen (secondary N) is 1. The fourth-order valence-electron chi connectivity index (χ4n) is 2.91. The highest BCUT2D eigenvalue weighted by Crippen LogP contribution is 2.31. The van der Waals surface area contributed by atoms with Crippen LogP contribution in [0, 0.1) is 11.6 Å². The van der Waals surface area contributed by atoms with Gasteiger partial charge in [0.1, 0.15) is 11.6 Å².